The van der Waals surface area contributed by atoms with Crippen molar-refractivity contribution in [2.45, 2.75) is 27.2 Å². The molecule has 6 heteroatoms. The Morgan fingerprint density at radius 1 is 1.32 bits per heavy atom. The van der Waals surface area contributed by atoms with Gasteiger partial charge in [0.1, 0.15) is 5.58 Å². The molecule has 3 aromatic rings. The number of benzene rings is 1. The summed E-state index contributed by atoms with van der Waals surface area (Å²) < 4.78 is 10.9. The molecule has 0 radical (unpaired) electrons. The Balaban J connectivity index is 1.98. The van der Waals surface area contributed by atoms with E-state index in [9.17, 15) is 4.79 Å². The number of nitrogens with zero attached hydrogens (tertiary/aromatic N) is 2. The lowest BCUT2D eigenvalue weighted by Gasteiger charge is -1.96. The molecule has 0 spiro atoms. The fourth-order valence-corrected chi connectivity index (χ4v) is 2.32. The molecule has 0 bridgehead atoms. The lowest BCUT2D eigenvalue weighted by molar-refractivity contribution is 0.0910. The molecule has 2 heterocycles. The van der Waals surface area contributed by atoms with Crippen molar-refractivity contribution in [1.29, 1.82) is 0 Å². The summed E-state index contributed by atoms with van der Waals surface area (Å²) in [4.78, 5) is 16.0. The van der Waals surface area contributed by atoms with Crippen molar-refractivity contribution in [3.05, 3.63) is 35.2 Å². The summed E-state index contributed by atoms with van der Waals surface area (Å²) in [5.41, 5.74) is 2.77. The fourth-order valence-electron chi connectivity index (χ4n) is 2.32. The molecule has 3 rings (SSSR count). The first-order chi connectivity index (χ1) is 10.6. The van der Waals surface area contributed by atoms with Gasteiger partial charge in [-0.2, -0.15) is 4.98 Å². The minimum Gasteiger partial charge on any atom is -0.452 e. The van der Waals surface area contributed by atoms with Crippen molar-refractivity contribution >= 4 is 16.9 Å². The predicted octanol–water partition coefficient (Wildman–Crippen LogP) is 3.24. The Morgan fingerprint density at radius 2 is 2.14 bits per heavy atom. The van der Waals surface area contributed by atoms with Crippen LogP contribution in [0.3, 0.4) is 0 Å². The average Bonchev–Trinajstić information content (AvgIpc) is 3.11. The van der Waals surface area contributed by atoms with E-state index < -0.39 is 0 Å². The van der Waals surface area contributed by atoms with Gasteiger partial charge < -0.3 is 14.3 Å². The molecule has 0 aliphatic carbocycles. The van der Waals surface area contributed by atoms with Crippen LogP contribution in [0.2, 0.25) is 0 Å². The van der Waals surface area contributed by atoms with Crippen molar-refractivity contribution in [3.8, 4) is 11.6 Å². The van der Waals surface area contributed by atoms with E-state index in [1.54, 1.807) is 0 Å². The lowest BCUT2D eigenvalue weighted by atomic mass is 10.1. The van der Waals surface area contributed by atoms with Crippen molar-refractivity contribution < 1.29 is 13.7 Å². The first-order valence-corrected chi connectivity index (χ1v) is 7.22. The maximum atomic E-state index is 11.8. The van der Waals surface area contributed by atoms with Gasteiger partial charge in [0.25, 0.3) is 0 Å². The minimum atomic E-state index is -0.370. The van der Waals surface area contributed by atoms with Crippen LogP contribution in [0.1, 0.15) is 35.2 Å². The first kappa shape index (κ1) is 14.3. The largest absolute Gasteiger partial charge is 0.452 e. The number of hydrogen-bond donors (Lipinski definition) is 1. The van der Waals surface area contributed by atoms with Gasteiger partial charge in [-0.05, 0) is 25.8 Å². The minimum absolute atomic E-state index is 0.0555. The summed E-state index contributed by atoms with van der Waals surface area (Å²) >= 11 is 0. The Labute approximate surface area is 127 Å². The van der Waals surface area contributed by atoms with E-state index in [0.29, 0.717) is 12.3 Å². The van der Waals surface area contributed by atoms with Gasteiger partial charge in [-0.25, -0.2) is 0 Å². The third kappa shape index (κ3) is 2.36. The molecule has 6 nitrogen and oxygen atoms in total. The quantitative estimate of drug-likeness (QED) is 0.799. The zero-order valence-corrected chi connectivity index (χ0v) is 12.8. The lowest BCUT2D eigenvalue weighted by Crippen LogP contribution is -2.24. The summed E-state index contributed by atoms with van der Waals surface area (Å²) in [5.74, 6) is 0.392. The molecular formula is C16H17N3O3. The van der Waals surface area contributed by atoms with E-state index in [2.05, 4.69) is 15.5 Å². The monoisotopic (exact) mass is 299 g/mol. The number of carbonyl (C=O) groups is 1. The number of nitrogens with one attached hydrogen (secondary N) is 1. The van der Waals surface area contributed by atoms with E-state index >= 15 is 0 Å². The molecule has 0 unspecified atom stereocenters. The number of hydrogen-bond acceptors (Lipinski definition) is 5. The second-order valence-corrected chi connectivity index (χ2v) is 5.19. The third-order valence-electron chi connectivity index (χ3n) is 3.52. The molecule has 1 N–H and O–H groups in total. The maximum Gasteiger partial charge on any atom is 0.316 e. The molecule has 114 valence electrons. The number of furan rings is 1. The topological polar surface area (TPSA) is 81.2 Å². The smallest absolute Gasteiger partial charge is 0.316 e. The van der Waals surface area contributed by atoms with Gasteiger partial charge in [0, 0.05) is 17.5 Å². The van der Waals surface area contributed by atoms with E-state index in [1.807, 2.05) is 39.0 Å². The summed E-state index contributed by atoms with van der Waals surface area (Å²) in [6.45, 7) is 6.46. The van der Waals surface area contributed by atoms with Crippen LogP contribution in [0.25, 0.3) is 22.6 Å². The van der Waals surface area contributed by atoms with Crippen LogP contribution < -0.4 is 5.32 Å². The van der Waals surface area contributed by atoms with Crippen LogP contribution in [-0.2, 0) is 0 Å². The number of fused-ring (bicyclic) bond motifs is 1. The van der Waals surface area contributed by atoms with Crippen molar-refractivity contribution in [3.63, 3.8) is 0 Å². The average molecular weight is 299 g/mol. The summed E-state index contributed by atoms with van der Waals surface area (Å²) in [7, 11) is 0. The van der Waals surface area contributed by atoms with Crippen molar-refractivity contribution in [1.82, 2.24) is 15.5 Å². The van der Waals surface area contributed by atoms with E-state index in [1.165, 1.54) is 0 Å². The van der Waals surface area contributed by atoms with Crippen LogP contribution in [0, 0.1) is 13.8 Å². The Kier molecular flexibility index (Phi) is 3.66. The Morgan fingerprint density at radius 3 is 2.86 bits per heavy atom. The number of aryl methyl sites for hydroxylation is 2. The van der Waals surface area contributed by atoms with E-state index in [0.717, 1.165) is 28.5 Å². The molecule has 0 fully saturated rings. The normalized spacial score (nSPS) is 11.0. The van der Waals surface area contributed by atoms with Crippen LogP contribution in [0.15, 0.2) is 27.1 Å². The first-order valence-electron chi connectivity index (χ1n) is 7.22. The highest BCUT2D eigenvalue weighted by atomic mass is 16.5. The highest BCUT2D eigenvalue weighted by Gasteiger charge is 2.21. The number of aromatic nitrogens is 2. The molecule has 1 aromatic carbocycles. The molecule has 0 aliphatic heterocycles. The molecule has 2 aromatic heterocycles. The highest BCUT2D eigenvalue weighted by Crippen LogP contribution is 2.32. The molecule has 0 aliphatic rings. The number of carbonyl (C=O) groups excluding carboxylic acids is 1. The van der Waals surface area contributed by atoms with Crippen LogP contribution >= 0.6 is 0 Å². The van der Waals surface area contributed by atoms with Crippen LogP contribution in [-0.4, -0.2) is 22.6 Å². The number of rotatable bonds is 4. The molecule has 0 saturated carbocycles. The summed E-state index contributed by atoms with van der Waals surface area (Å²) in [6, 6.07) is 5.94. The SMILES string of the molecule is CCCNC(=O)c1nc(-c2oc3c(C)cccc3c2C)no1. The second kappa shape index (κ2) is 5.63. The van der Waals surface area contributed by atoms with Crippen molar-refractivity contribution in [2.24, 2.45) is 0 Å². The van der Waals surface area contributed by atoms with Gasteiger partial charge in [-0.1, -0.05) is 30.3 Å². The van der Waals surface area contributed by atoms with Crippen molar-refractivity contribution in [2.75, 3.05) is 6.54 Å². The standard InChI is InChI=1S/C16H17N3O3/c1-4-8-17-15(20)16-18-14(19-22-16)13-10(3)11-7-5-6-9(2)12(11)21-13/h5-7H,4,8H2,1-3H3,(H,17,20). The molecule has 0 saturated heterocycles. The van der Waals surface area contributed by atoms with Gasteiger partial charge in [0.2, 0.25) is 5.82 Å². The maximum absolute atomic E-state index is 11.8. The highest BCUT2D eigenvalue weighted by molar-refractivity contribution is 5.91. The van der Waals surface area contributed by atoms with Gasteiger partial charge in [-0.15, -0.1) is 0 Å². The second-order valence-electron chi connectivity index (χ2n) is 5.19. The molecular weight excluding hydrogens is 282 g/mol. The predicted molar refractivity (Wildman–Crippen MR) is 81.6 cm³/mol. The van der Waals surface area contributed by atoms with E-state index in [4.69, 9.17) is 8.94 Å². The van der Waals surface area contributed by atoms with Gasteiger partial charge in [0.05, 0.1) is 0 Å². The van der Waals surface area contributed by atoms with Gasteiger partial charge in [0.15, 0.2) is 5.76 Å². The number of amides is 1. The summed E-state index contributed by atoms with van der Waals surface area (Å²) in [5, 5.41) is 7.57. The molecule has 1 amide bonds. The summed E-state index contributed by atoms with van der Waals surface area (Å²) in [6.07, 6.45) is 0.842. The number of para-hydroxylation sites is 1. The molecule has 0 atom stereocenters. The Bertz CT molecular complexity index is 832. The third-order valence-corrected chi connectivity index (χ3v) is 3.52. The Hall–Kier alpha value is -2.63. The zero-order valence-electron chi connectivity index (χ0n) is 12.8. The van der Waals surface area contributed by atoms with Crippen LogP contribution in [0.5, 0.6) is 0 Å². The fraction of sp³-hybridized carbons (Fsp3) is 0.312. The van der Waals surface area contributed by atoms with E-state index in [-0.39, 0.29) is 17.6 Å². The zero-order chi connectivity index (χ0) is 15.7. The van der Waals surface area contributed by atoms with Gasteiger partial charge >= 0.3 is 11.8 Å². The van der Waals surface area contributed by atoms with Gasteiger partial charge in [-0.3, -0.25) is 4.79 Å². The van der Waals surface area contributed by atoms with Crippen LogP contribution in [0.4, 0.5) is 0 Å². The molecule has 22 heavy (non-hydrogen) atoms.